The fraction of sp³-hybridized carbons (Fsp3) is 0.458. The van der Waals surface area contributed by atoms with Crippen LogP contribution in [0.2, 0.25) is 0 Å². The van der Waals surface area contributed by atoms with Crippen molar-refractivity contribution in [3.05, 3.63) is 53.6 Å². The van der Waals surface area contributed by atoms with E-state index in [1.165, 1.54) is 0 Å². The molecule has 2 aromatic rings. The second kappa shape index (κ2) is 10.0. The minimum atomic E-state index is -0.564. The monoisotopic (exact) mass is 425 g/mol. The van der Waals surface area contributed by atoms with Crippen LogP contribution in [-0.2, 0) is 0 Å². The maximum absolute atomic E-state index is 12.6. The molecule has 1 fully saturated rings. The number of carbonyl (C=O) groups excluding carboxylic acids is 1. The highest BCUT2D eigenvalue weighted by Crippen LogP contribution is 2.34. The molecule has 31 heavy (non-hydrogen) atoms. The predicted molar refractivity (Wildman–Crippen MR) is 120 cm³/mol. The Hall–Kier alpha value is -2.77. The summed E-state index contributed by atoms with van der Waals surface area (Å²) in [5.74, 6) is 1.29. The van der Waals surface area contributed by atoms with E-state index in [-0.39, 0.29) is 5.91 Å². The molecule has 1 saturated heterocycles. The number of benzene rings is 2. The van der Waals surface area contributed by atoms with Gasteiger partial charge in [0.1, 0.15) is 11.5 Å². The van der Waals surface area contributed by atoms with Gasteiger partial charge in [-0.15, -0.1) is 0 Å². The number of methoxy groups -OCH3 is 1. The van der Waals surface area contributed by atoms with Gasteiger partial charge < -0.3 is 24.8 Å². The molecule has 4 rings (SSSR count). The van der Waals surface area contributed by atoms with Gasteiger partial charge in [-0.05, 0) is 31.2 Å². The first-order valence-electron chi connectivity index (χ1n) is 11.0. The summed E-state index contributed by atoms with van der Waals surface area (Å²) in [6.45, 7) is 5.89. The van der Waals surface area contributed by atoms with Gasteiger partial charge in [0.15, 0.2) is 0 Å². The molecule has 0 aliphatic carbocycles. The molecule has 1 amide bonds. The van der Waals surface area contributed by atoms with Crippen molar-refractivity contribution in [3.63, 3.8) is 0 Å². The number of ether oxygens (including phenoxy) is 2. The molecule has 2 N–H and O–H groups in total. The van der Waals surface area contributed by atoms with Gasteiger partial charge in [-0.2, -0.15) is 0 Å². The molecule has 0 spiro atoms. The number of anilines is 1. The van der Waals surface area contributed by atoms with Gasteiger partial charge in [0.05, 0.1) is 31.1 Å². The van der Waals surface area contributed by atoms with E-state index >= 15 is 0 Å². The summed E-state index contributed by atoms with van der Waals surface area (Å²) < 4.78 is 11.2. The first kappa shape index (κ1) is 21.5. The first-order chi connectivity index (χ1) is 15.2. The lowest BCUT2D eigenvalue weighted by atomic mass is 9.99. The quantitative estimate of drug-likeness (QED) is 0.664. The summed E-state index contributed by atoms with van der Waals surface area (Å²) in [6, 6.07) is 13.5. The number of amides is 1. The Balaban J connectivity index is 1.22. The lowest BCUT2D eigenvalue weighted by Gasteiger charge is -2.36. The van der Waals surface area contributed by atoms with E-state index in [2.05, 4.69) is 21.2 Å². The molecular weight excluding hydrogens is 394 g/mol. The van der Waals surface area contributed by atoms with E-state index in [1.807, 2.05) is 24.3 Å². The summed E-state index contributed by atoms with van der Waals surface area (Å²) >= 11 is 0. The summed E-state index contributed by atoms with van der Waals surface area (Å²) in [5.41, 5.74) is 2.35. The number of hydrogen-bond acceptors (Lipinski definition) is 6. The highest BCUT2D eigenvalue weighted by atomic mass is 16.5. The Morgan fingerprint density at radius 3 is 2.77 bits per heavy atom. The summed E-state index contributed by atoms with van der Waals surface area (Å²) in [7, 11) is 1.71. The zero-order chi connectivity index (χ0) is 21.6. The van der Waals surface area contributed by atoms with Crippen molar-refractivity contribution in [3.8, 4) is 11.5 Å². The molecule has 0 unspecified atom stereocenters. The van der Waals surface area contributed by atoms with E-state index in [0.29, 0.717) is 36.4 Å². The third kappa shape index (κ3) is 4.94. The number of para-hydroxylation sites is 3. The van der Waals surface area contributed by atoms with Crippen molar-refractivity contribution in [1.29, 1.82) is 0 Å². The van der Waals surface area contributed by atoms with Crippen LogP contribution in [0.4, 0.5) is 5.69 Å². The molecule has 7 heteroatoms. The number of aliphatic hydroxyl groups excluding tert-OH is 1. The molecule has 0 saturated carbocycles. The van der Waals surface area contributed by atoms with E-state index in [4.69, 9.17) is 9.47 Å². The van der Waals surface area contributed by atoms with Crippen molar-refractivity contribution in [1.82, 2.24) is 10.2 Å². The van der Waals surface area contributed by atoms with Crippen molar-refractivity contribution in [2.75, 3.05) is 57.9 Å². The standard InChI is InChI=1S/C24H31N3O4/c1-30-22-9-3-2-8-20(22)27-15-13-26(14-16-27)12-5-11-25-24(29)19-7-4-6-18-21(28)10-17-31-23(18)19/h2-4,6-9,21,28H,5,10-17H2,1H3,(H,25,29)/t21-/m1/s1. The smallest absolute Gasteiger partial charge is 0.255 e. The van der Waals surface area contributed by atoms with Crippen LogP contribution < -0.4 is 19.7 Å². The fourth-order valence-electron chi connectivity index (χ4n) is 4.29. The maximum atomic E-state index is 12.6. The molecule has 2 aromatic carbocycles. The fourth-order valence-corrected chi connectivity index (χ4v) is 4.29. The largest absolute Gasteiger partial charge is 0.495 e. The van der Waals surface area contributed by atoms with Gasteiger partial charge in [-0.3, -0.25) is 9.69 Å². The van der Waals surface area contributed by atoms with Crippen molar-refractivity contribution < 1.29 is 19.4 Å². The highest BCUT2D eigenvalue weighted by molar-refractivity contribution is 5.97. The number of nitrogens with zero attached hydrogens (tertiary/aromatic N) is 2. The van der Waals surface area contributed by atoms with E-state index in [1.54, 1.807) is 19.2 Å². The number of aliphatic hydroxyl groups is 1. The van der Waals surface area contributed by atoms with Crippen LogP contribution in [0.1, 0.15) is 34.9 Å². The summed E-state index contributed by atoms with van der Waals surface area (Å²) in [5, 5.41) is 13.1. The lowest BCUT2D eigenvalue weighted by Crippen LogP contribution is -2.47. The molecule has 2 aliphatic rings. The van der Waals surface area contributed by atoms with E-state index in [0.717, 1.165) is 50.6 Å². The van der Waals surface area contributed by atoms with Crippen LogP contribution in [0.25, 0.3) is 0 Å². The van der Waals surface area contributed by atoms with Crippen molar-refractivity contribution in [2.45, 2.75) is 18.9 Å². The van der Waals surface area contributed by atoms with Crippen LogP contribution in [0, 0.1) is 0 Å². The zero-order valence-electron chi connectivity index (χ0n) is 18.0. The molecule has 166 valence electrons. The topological polar surface area (TPSA) is 74.3 Å². The minimum Gasteiger partial charge on any atom is -0.495 e. The third-order valence-corrected chi connectivity index (χ3v) is 6.02. The minimum absolute atomic E-state index is 0.146. The Morgan fingerprint density at radius 1 is 1.16 bits per heavy atom. The van der Waals surface area contributed by atoms with Crippen LogP contribution >= 0.6 is 0 Å². The van der Waals surface area contributed by atoms with Gasteiger partial charge in [0.25, 0.3) is 5.91 Å². The normalized spacial score (nSPS) is 18.8. The number of hydrogen-bond donors (Lipinski definition) is 2. The van der Waals surface area contributed by atoms with Crippen LogP contribution in [0.15, 0.2) is 42.5 Å². The Labute approximate surface area is 183 Å². The highest BCUT2D eigenvalue weighted by Gasteiger charge is 2.24. The lowest BCUT2D eigenvalue weighted by molar-refractivity contribution is 0.0932. The van der Waals surface area contributed by atoms with Gasteiger partial charge in [-0.25, -0.2) is 0 Å². The third-order valence-electron chi connectivity index (χ3n) is 6.02. The van der Waals surface area contributed by atoms with Gasteiger partial charge in [0.2, 0.25) is 0 Å². The maximum Gasteiger partial charge on any atom is 0.255 e. The molecule has 0 aromatic heterocycles. The second-order valence-electron chi connectivity index (χ2n) is 7.99. The number of carbonyl (C=O) groups is 1. The van der Waals surface area contributed by atoms with Gasteiger partial charge in [-0.1, -0.05) is 24.3 Å². The predicted octanol–water partition coefficient (Wildman–Crippen LogP) is 2.45. The average molecular weight is 426 g/mol. The van der Waals surface area contributed by atoms with Crippen LogP contribution in [0.5, 0.6) is 11.5 Å². The molecule has 7 nitrogen and oxygen atoms in total. The van der Waals surface area contributed by atoms with Crippen LogP contribution in [0.3, 0.4) is 0 Å². The average Bonchev–Trinajstić information content (AvgIpc) is 2.82. The van der Waals surface area contributed by atoms with E-state index in [9.17, 15) is 9.90 Å². The number of nitrogens with one attached hydrogen (secondary N) is 1. The Morgan fingerprint density at radius 2 is 1.97 bits per heavy atom. The number of fused-ring (bicyclic) bond motifs is 1. The Bertz CT molecular complexity index is 896. The first-order valence-corrected chi connectivity index (χ1v) is 11.0. The molecule has 0 radical (unpaired) electrons. The SMILES string of the molecule is COc1ccccc1N1CCN(CCCNC(=O)c2cccc3c2OCC[C@H]3O)CC1. The summed E-state index contributed by atoms with van der Waals surface area (Å²) in [6.07, 6.45) is 0.882. The van der Waals surface area contributed by atoms with Crippen molar-refractivity contribution >= 4 is 11.6 Å². The molecular formula is C24H31N3O4. The van der Waals surface area contributed by atoms with Crippen molar-refractivity contribution in [2.24, 2.45) is 0 Å². The zero-order valence-corrected chi connectivity index (χ0v) is 18.0. The summed E-state index contributed by atoms with van der Waals surface area (Å²) in [4.78, 5) is 17.4. The number of rotatable bonds is 7. The van der Waals surface area contributed by atoms with E-state index < -0.39 is 6.10 Å². The molecule has 1 atom stereocenters. The van der Waals surface area contributed by atoms with Gasteiger partial charge >= 0.3 is 0 Å². The second-order valence-corrected chi connectivity index (χ2v) is 7.99. The molecule has 2 heterocycles. The number of piperazine rings is 1. The van der Waals surface area contributed by atoms with Gasteiger partial charge in [0, 0.05) is 44.7 Å². The Kier molecular flexibility index (Phi) is 6.94. The molecule has 2 aliphatic heterocycles. The molecule has 0 bridgehead atoms. The van der Waals surface area contributed by atoms with Crippen LogP contribution in [-0.4, -0.2) is 68.9 Å².